The Bertz CT molecular complexity index is 485. The molecule has 0 saturated carbocycles. The summed E-state index contributed by atoms with van der Waals surface area (Å²) in [6.07, 6.45) is 1.20. The van der Waals surface area contributed by atoms with Crippen molar-refractivity contribution in [2.75, 3.05) is 6.61 Å². The van der Waals surface area contributed by atoms with E-state index in [9.17, 15) is 14.9 Å². The second-order valence-corrected chi connectivity index (χ2v) is 3.21. The number of carboxylic acids is 1. The first-order valence-electron chi connectivity index (χ1n) is 4.80. The maximum absolute atomic E-state index is 10.6. The molecule has 0 heterocycles. The first-order chi connectivity index (χ1) is 8.54. The maximum Gasteiger partial charge on any atom is 0.344 e. The second kappa shape index (κ2) is 6.30. The van der Waals surface area contributed by atoms with Crippen LogP contribution in [0.2, 0.25) is 0 Å². The highest BCUT2D eigenvalue weighted by Crippen LogP contribution is 2.19. The van der Waals surface area contributed by atoms with E-state index < -0.39 is 24.1 Å². The Hall–Kier alpha value is -2.48. The van der Waals surface area contributed by atoms with Crippen molar-refractivity contribution >= 4 is 17.9 Å². The summed E-state index contributed by atoms with van der Waals surface area (Å²) in [5.41, 5.74) is 0.401. The van der Waals surface area contributed by atoms with Crippen LogP contribution >= 0.6 is 0 Å². The summed E-state index contributed by atoms with van der Waals surface area (Å²) in [6, 6.07) is 4.00. The highest BCUT2D eigenvalue weighted by atomic mass is 16.6. The molecule has 0 unspecified atom stereocenters. The summed E-state index contributed by atoms with van der Waals surface area (Å²) < 4.78 is 0. The van der Waals surface area contributed by atoms with Gasteiger partial charge in [-0.25, -0.2) is 4.79 Å². The number of oxime groups is 1. The van der Waals surface area contributed by atoms with E-state index in [4.69, 9.17) is 10.2 Å². The van der Waals surface area contributed by atoms with E-state index in [1.165, 1.54) is 24.4 Å². The highest BCUT2D eigenvalue weighted by molar-refractivity contribution is 5.80. The molecular formula is C10H10N2O6. The average molecular weight is 254 g/mol. The summed E-state index contributed by atoms with van der Waals surface area (Å²) in [5, 5.41) is 31.2. The van der Waals surface area contributed by atoms with Crippen molar-refractivity contribution in [3.8, 4) is 0 Å². The van der Waals surface area contributed by atoms with Crippen LogP contribution in [0.15, 0.2) is 23.4 Å². The number of hydrogen-bond acceptors (Lipinski definition) is 6. The van der Waals surface area contributed by atoms with Crippen molar-refractivity contribution in [2.45, 2.75) is 6.61 Å². The molecule has 0 radical (unpaired) electrons. The van der Waals surface area contributed by atoms with Gasteiger partial charge >= 0.3 is 5.97 Å². The SMILES string of the molecule is O=C(O)CON=Cc1ccc([N+](=O)[O-])c(CO)c1. The first-order valence-corrected chi connectivity index (χ1v) is 4.80. The number of carbonyl (C=O) groups is 1. The third-order valence-electron chi connectivity index (χ3n) is 1.93. The van der Waals surface area contributed by atoms with Gasteiger partial charge in [-0.2, -0.15) is 0 Å². The fourth-order valence-corrected chi connectivity index (χ4v) is 1.18. The van der Waals surface area contributed by atoms with Crippen molar-refractivity contribution in [1.29, 1.82) is 0 Å². The smallest absolute Gasteiger partial charge is 0.344 e. The zero-order chi connectivity index (χ0) is 13.5. The minimum atomic E-state index is -1.16. The topological polar surface area (TPSA) is 122 Å². The van der Waals surface area contributed by atoms with E-state index in [0.29, 0.717) is 5.56 Å². The zero-order valence-electron chi connectivity index (χ0n) is 9.15. The van der Waals surface area contributed by atoms with Gasteiger partial charge in [0.2, 0.25) is 6.61 Å². The quantitative estimate of drug-likeness (QED) is 0.433. The van der Waals surface area contributed by atoms with Crippen molar-refractivity contribution in [3.63, 3.8) is 0 Å². The van der Waals surface area contributed by atoms with Crippen LogP contribution in [0.25, 0.3) is 0 Å². The molecule has 0 fully saturated rings. The standard InChI is InChI=1S/C10H10N2O6/c13-5-8-3-7(1-2-9(8)12(16)17)4-11-18-6-10(14)15/h1-4,13H,5-6H2,(H,14,15). The molecule has 0 amide bonds. The molecule has 0 spiro atoms. The third kappa shape index (κ3) is 3.83. The Morgan fingerprint density at radius 1 is 1.56 bits per heavy atom. The molecule has 0 aliphatic carbocycles. The lowest BCUT2D eigenvalue weighted by Crippen LogP contribution is -2.03. The molecule has 1 aromatic carbocycles. The number of aliphatic hydroxyl groups excluding tert-OH is 1. The number of rotatable bonds is 6. The zero-order valence-corrected chi connectivity index (χ0v) is 9.15. The van der Waals surface area contributed by atoms with E-state index in [-0.39, 0.29) is 11.3 Å². The first kappa shape index (κ1) is 13.6. The van der Waals surface area contributed by atoms with Crippen LogP contribution in [-0.4, -0.2) is 33.9 Å². The molecule has 1 aromatic rings. The van der Waals surface area contributed by atoms with Gasteiger partial charge in [0, 0.05) is 6.07 Å². The van der Waals surface area contributed by atoms with Crippen LogP contribution in [0.5, 0.6) is 0 Å². The lowest BCUT2D eigenvalue weighted by atomic mass is 10.1. The fourth-order valence-electron chi connectivity index (χ4n) is 1.18. The number of hydrogen-bond donors (Lipinski definition) is 2. The van der Waals surface area contributed by atoms with Gasteiger partial charge in [-0.15, -0.1) is 0 Å². The molecule has 0 aliphatic heterocycles. The predicted octanol–water partition coefficient (Wildman–Crippen LogP) is 0.522. The molecular weight excluding hydrogens is 244 g/mol. The molecule has 0 saturated heterocycles. The van der Waals surface area contributed by atoms with Gasteiger partial charge < -0.3 is 15.1 Å². The Kier molecular flexibility index (Phi) is 4.76. The summed E-state index contributed by atoms with van der Waals surface area (Å²) in [4.78, 5) is 24.5. The monoisotopic (exact) mass is 254 g/mol. The van der Waals surface area contributed by atoms with Crippen molar-refractivity contribution in [2.24, 2.45) is 5.16 Å². The average Bonchev–Trinajstić information content (AvgIpc) is 2.33. The normalized spacial score (nSPS) is 10.5. The van der Waals surface area contributed by atoms with Crippen LogP contribution in [0.4, 0.5) is 5.69 Å². The Labute approximate surface area is 101 Å². The van der Waals surface area contributed by atoms with Crippen molar-refractivity contribution < 1.29 is 24.8 Å². The molecule has 8 heteroatoms. The summed E-state index contributed by atoms with van der Waals surface area (Å²) >= 11 is 0. The Balaban J connectivity index is 2.79. The lowest BCUT2D eigenvalue weighted by Gasteiger charge is -2.00. The van der Waals surface area contributed by atoms with Gasteiger partial charge in [0.15, 0.2) is 0 Å². The van der Waals surface area contributed by atoms with Gasteiger partial charge in [-0.1, -0.05) is 5.16 Å². The van der Waals surface area contributed by atoms with Crippen LogP contribution in [0.1, 0.15) is 11.1 Å². The molecule has 2 N–H and O–H groups in total. The summed E-state index contributed by atoms with van der Waals surface area (Å²) in [6.45, 7) is -1.05. The van der Waals surface area contributed by atoms with Gasteiger partial charge in [-0.05, 0) is 17.7 Å². The predicted molar refractivity (Wildman–Crippen MR) is 60.2 cm³/mol. The van der Waals surface area contributed by atoms with Crippen LogP contribution in [0, 0.1) is 10.1 Å². The van der Waals surface area contributed by atoms with Crippen LogP contribution in [0.3, 0.4) is 0 Å². The van der Waals surface area contributed by atoms with E-state index in [1.54, 1.807) is 0 Å². The highest BCUT2D eigenvalue weighted by Gasteiger charge is 2.12. The van der Waals surface area contributed by atoms with Crippen molar-refractivity contribution in [3.05, 3.63) is 39.4 Å². The van der Waals surface area contributed by atoms with Crippen LogP contribution < -0.4 is 0 Å². The molecule has 96 valence electrons. The maximum atomic E-state index is 10.6. The van der Waals surface area contributed by atoms with E-state index in [2.05, 4.69) is 9.99 Å². The van der Waals surface area contributed by atoms with Gasteiger partial charge in [-0.3, -0.25) is 10.1 Å². The van der Waals surface area contributed by atoms with Gasteiger partial charge in [0.25, 0.3) is 5.69 Å². The molecule has 1 rings (SSSR count). The number of benzene rings is 1. The van der Waals surface area contributed by atoms with Crippen molar-refractivity contribution in [1.82, 2.24) is 0 Å². The van der Waals surface area contributed by atoms with Crippen LogP contribution in [-0.2, 0) is 16.2 Å². The Morgan fingerprint density at radius 3 is 2.83 bits per heavy atom. The lowest BCUT2D eigenvalue weighted by molar-refractivity contribution is -0.385. The van der Waals surface area contributed by atoms with E-state index in [1.807, 2.05) is 0 Å². The minimum Gasteiger partial charge on any atom is -0.479 e. The third-order valence-corrected chi connectivity index (χ3v) is 1.93. The summed E-state index contributed by atoms with van der Waals surface area (Å²) in [5.74, 6) is -1.16. The largest absolute Gasteiger partial charge is 0.479 e. The van der Waals surface area contributed by atoms with E-state index >= 15 is 0 Å². The number of aliphatic hydroxyl groups is 1. The number of carboxylic acid groups (broad SMARTS) is 1. The molecule has 0 atom stereocenters. The van der Waals surface area contributed by atoms with E-state index in [0.717, 1.165) is 0 Å². The van der Waals surface area contributed by atoms with Gasteiger partial charge in [0.05, 0.1) is 23.3 Å². The molecule has 0 bridgehead atoms. The second-order valence-electron chi connectivity index (χ2n) is 3.21. The molecule has 0 aliphatic rings. The Morgan fingerprint density at radius 2 is 2.28 bits per heavy atom. The summed E-state index contributed by atoms with van der Waals surface area (Å²) in [7, 11) is 0. The fraction of sp³-hybridized carbons (Fsp3) is 0.200. The molecule has 8 nitrogen and oxygen atoms in total. The number of nitro groups is 1. The molecule has 0 aromatic heterocycles. The van der Waals surface area contributed by atoms with Gasteiger partial charge in [0.1, 0.15) is 0 Å². The number of aliphatic carboxylic acids is 1. The number of nitrogens with zero attached hydrogens (tertiary/aromatic N) is 2. The number of nitro benzene ring substituents is 1. The molecule has 18 heavy (non-hydrogen) atoms. The minimum absolute atomic E-state index is 0.141.